The fourth-order valence-electron chi connectivity index (χ4n) is 3.41. The van der Waals surface area contributed by atoms with Crippen LogP contribution in [0.15, 0.2) is 59.0 Å². The van der Waals surface area contributed by atoms with E-state index in [-0.39, 0.29) is 17.1 Å². The summed E-state index contributed by atoms with van der Waals surface area (Å²) in [6, 6.07) is 14.3. The lowest BCUT2D eigenvalue weighted by molar-refractivity contribution is 0.0600. The van der Waals surface area contributed by atoms with Gasteiger partial charge in [-0.25, -0.2) is 10.2 Å². The maximum Gasteiger partial charge on any atom is 0.337 e. The summed E-state index contributed by atoms with van der Waals surface area (Å²) < 4.78 is 4.67. The number of methoxy groups -OCH3 is 1. The van der Waals surface area contributed by atoms with Gasteiger partial charge in [0.15, 0.2) is 0 Å². The summed E-state index contributed by atoms with van der Waals surface area (Å²) >= 11 is 1.44. The number of nitrogens with zero attached hydrogens (tertiary/aromatic N) is 1. The van der Waals surface area contributed by atoms with Gasteiger partial charge >= 0.3 is 5.97 Å². The van der Waals surface area contributed by atoms with Crippen molar-refractivity contribution < 1.29 is 19.4 Å². The van der Waals surface area contributed by atoms with Crippen molar-refractivity contribution in [1.29, 1.82) is 0 Å². The Hall–Kier alpha value is -3.45. The Balaban J connectivity index is 1.83. The lowest BCUT2D eigenvalue weighted by atomic mass is 9.86. The highest BCUT2D eigenvalue weighted by Crippen LogP contribution is 2.40. The SMILES string of the molecule is COC(=O)c1ccc(C(=O)N/N=C(/c2csc(-c3ccc(C(C)(C)C)cc3)c2O)C(C)C)cc1. The average Bonchev–Trinajstić information content (AvgIpc) is 3.19. The van der Waals surface area contributed by atoms with Gasteiger partial charge in [-0.1, -0.05) is 58.9 Å². The summed E-state index contributed by atoms with van der Waals surface area (Å²) in [5.74, 6) is -0.776. The molecule has 0 unspecified atom stereocenters. The van der Waals surface area contributed by atoms with Crippen LogP contribution in [0.2, 0.25) is 0 Å². The maximum absolute atomic E-state index is 12.6. The molecule has 3 aromatic rings. The fourth-order valence-corrected chi connectivity index (χ4v) is 4.37. The van der Waals surface area contributed by atoms with Crippen LogP contribution in [-0.2, 0) is 10.2 Å². The van der Waals surface area contributed by atoms with E-state index < -0.39 is 11.9 Å². The van der Waals surface area contributed by atoms with Gasteiger partial charge in [-0.3, -0.25) is 4.79 Å². The molecule has 0 radical (unpaired) electrons. The van der Waals surface area contributed by atoms with Crippen molar-refractivity contribution in [3.63, 3.8) is 0 Å². The molecule has 0 saturated carbocycles. The zero-order valence-corrected chi connectivity index (χ0v) is 21.1. The van der Waals surface area contributed by atoms with Crippen LogP contribution >= 0.6 is 11.3 Å². The first-order valence-corrected chi connectivity index (χ1v) is 11.9. The number of rotatable bonds is 6. The number of amides is 1. The summed E-state index contributed by atoms with van der Waals surface area (Å²) in [7, 11) is 1.30. The van der Waals surface area contributed by atoms with Crippen molar-refractivity contribution in [2.75, 3.05) is 7.11 Å². The molecule has 178 valence electrons. The number of aromatic hydroxyl groups is 1. The van der Waals surface area contributed by atoms with Crippen LogP contribution in [-0.4, -0.2) is 29.8 Å². The number of ether oxygens (including phenoxy) is 1. The van der Waals surface area contributed by atoms with E-state index in [1.165, 1.54) is 48.3 Å². The molecule has 0 bridgehead atoms. The number of thiophene rings is 1. The third kappa shape index (κ3) is 5.54. The van der Waals surface area contributed by atoms with Crippen molar-refractivity contribution in [1.82, 2.24) is 5.43 Å². The quantitative estimate of drug-likeness (QED) is 0.259. The monoisotopic (exact) mass is 478 g/mol. The van der Waals surface area contributed by atoms with Gasteiger partial charge in [-0.05, 0) is 46.7 Å². The smallest absolute Gasteiger partial charge is 0.337 e. The number of nitrogens with one attached hydrogen (secondary N) is 1. The number of carbonyl (C=O) groups is 2. The third-order valence-corrected chi connectivity index (χ3v) is 6.47. The van der Waals surface area contributed by atoms with E-state index >= 15 is 0 Å². The van der Waals surface area contributed by atoms with E-state index in [1.807, 2.05) is 31.4 Å². The lowest BCUT2D eigenvalue weighted by Crippen LogP contribution is -2.22. The fraction of sp³-hybridized carbons (Fsp3) is 0.296. The molecule has 6 nitrogen and oxygen atoms in total. The van der Waals surface area contributed by atoms with Gasteiger partial charge in [0.1, 0.15) is 5.75 Å². The van der Waals surface area contributed by atoms with Crippen LogP contribution in [0.4, 0.5) is 0 Å². The molecule has 0 aliphatic carbocycles. The van der Waals surface area contributed by atoms with Gasteiger partial charge < -0.3 is 9.84 Å². The number of hydrazone groups is 1. The first-order valence-electron chi connectivity index (χ1n) is 11.0. The lowest BCUT2D eigenvalue weighted by Gasteiger charge is -2.19. The predicted octanol–water partition coefficient (Wildman–Crippen LogP) is 5.99. The Morgan fingerprint density at radius 3 is 2.12 bits per heavy atom. The van der Waals surface area contributed by atoms with Crippen molar-refractivity contribution in [3.05, 3.63) is 76.2 Å². The minimum atomic E-state index is -0.469. The Morgan fingerprint density at radius 1 is 1.00 bits per heavy atom. The Bertz CT molecular complexity index is 1200. The molecule has 0 spiro atoms. The van der Waals surface area contributed by atoms with Crippen LogP contribution in [0.1, 0.15) is 66.5 Å². The van der Waals surface area contributed by atoms with Crippen molar-refractivity contribution in [2.45, 2.75) is 40.0 Å². The summed E-state index contributed by atoms with van der Waals surface area (Å²) in [5, 5.41) is 17.2. The van der Waals surface area contributed by atoms with Gasteiger partial charge in [0.25, 0.3) is 5.91 Å². The number of hydrogen-bond donors (Lipinski definition) is 2. The van der Waals surface area contributed by atoms with Crippen LogP contribution < -0.4 is 5.43 Å². The van der Waals surface area contributed by atoms with E-state index in [0.29, 0.717) is 22.4 Å². The molecule has 3 rings (SSSR count). The second kappa shape index (κ2) is 10.2. The zero-order valence-electron chi connectivity index (χ0n) is 20.3. The second-order valence-electron chi connectivity index (χ2n) is 9.32. The molecule has 2 N–H and O–H groups in total. The standard InChI is InChI=1S/C27H30N2O4S/c1-16(2)22(28-29-25(31)18-7-9-19(10-8-18)26(32)33-6)21-15-34-24(23(21)30)17-11-13-20(14-12-17)27(3,4)5/h7-16,30H,1-6H3,(H,29,31)/b28-22+. The highest BCUT2D eigenvalue weighted by atomic mass is 32.1. The van der Waals surface area contributed by atoms with Crippen LogP contribution in [0.5, 0.6) is 5.75 Å². The topological polar surface area (TPSA) is 88.0 Å². The molecule has 1 heterocycles. The molecule has 7 heteroatoms. The molecule has 34 heavy (non-hydrogen) atoms. The van der Waals surface area contributed by atoms with Crippen molar-refractivity contribution in [3.8, 4) is 16.2 Å². The molecular weight excluding hydrogens is 448 g/mol. The summed E-state index contributed by atoms with van der Waals surface area (Å²) in [4.78, 5) is 24.9. The largest absolute Gasteiger partial charge is 0.506 e. The first-order chi connectivity index (χ1) is 16.0. The summed E-state index contributed by atoms with van der Waals surface area (Å²) in [6.07, 6.45) is 0. The van der Waals surface area contributed by atoms with Gasteiger partial charge in [-0.15, -0.1) is 11.3 Å². The van der Waals surface area contributed by atoms with Crippen LogP contribution in [0, 0.1) is 5.92 Å². The average molecular weight is 479 g/mol. The summed E-state index contributed by atoms with van der Waals surface area (Å²) in [5.41, 5.74) is 6.65. The predicted molar refractivity (Wildman–Crippen MR) is 137 cm³/mol. The van der Waals surface area contributed by atoms with E-state index in [1.54, 1.807) is 0 Å². The highest BCUT2D eigenvalue weighted by molar-refractivity contribution is 7.14. The Morgan fingerprint density at radius 2 is 1.59 bits per heavy atom. The molecule has 0 atom stereocenters. The molecule has 0 aliphatic heterocycles. The maximum atomic E-state index is 12.6. The number of carbonyl (C=O) groups excluding carboxylic acids is 2. The first kappa shape index (κ1) is 25.2. The third-order valence-electron chi connectivity index (χ3n) is 5.45. The zero-order chi connectivity index (χ0) is 25.0. The number of esters is 1. The molecule has 0 saturated heterocycles. The number of hydrogen-bond acceptors (Lipinski definition) is 6. The molecular formula is C27H30N2O4S. The Labute approximate surface area is 204 Å². The second-order valence-corrected chi connectivity index (χ2v) is 10.2. The van der Waals surface area contributed by atoms with Crippen molar-refractivity contribution in [2.24, 2.45) is 11.0 Å². The van der Waals surface area contributed by atoms with Gasteiger partial charge in [0, 0.05) is 10.9 Å². The summed E-state index contributed by atoms with van der Waals surface area (Å²) in [6.45, 7) is 10.4. The van der Waals surface area contributed by atoms with Gasteiger partial charge in [-0.2, -0.15) is 5.10 Å². The van der Waals surface area contributed by atoms with Crippen molar-refractivity contribution >= 4 is 28.9 Å². The molecule has 1 amide bonds. The number of benzene rings is 2. The van der Waals surface area contributed by atoms with Crippen LogP contribution in [0.25, 0.3) is 10.4 Å². The minimum Gasteiger partial charge on any atom is -0.506 e. The van der Waals surface area contributed by atoms with E-state index in [4.69, 9.17) is 0 Å². The highest BCUT2D eigenvalue weighted by Gasteiger charge is 2.21. The Kier molecular flexibility index (Phi) is 7.57. The molecule has 0 fully saturated rings. The van der Waals surface area contributed by atoms with E-state index in [0.717, 1.165) is 10.4 Å². The van der Waals surface area contributed by atoms with Gasteiger partial charge in [0.2, 0.25) is 0 Å². The minimum absolute atomic E-state index is 0.0429. The van der Waals surface area contributed by atoms with Gasteiger partial charge in [0.05, 0.1) is 28.8 Å². The molecule has 2 aromatic carbocycles. The van der Waals surface area contributed by atoms with E-state index in [2.05, 4.69) is 48.2 Å². The molecule has 1 aromatic heterocycles. The van der Waals surface area contributed by atoms with Crippen LogP contribution in [0.3, 0.4) is 0 Å². The van der Waals surface area contributed by atoms with E-state index in [9.17, 15) is 14.7 Å². The normalized spacial score (nSPS) is 12.0. The molecule has 0 aliphatic rings.